The summed E-state index contributed by atoms with van der Waals surface area (Å²) in [6.45, 7) is 4.76. The average Bonchev–Trinajstić information content (AvgIpc) is 2.41. The van der Waals surface area contributed by atoms with Gasteiger partial charge < -0.3 is 4.79 Å². The van der Waals surface area contributed by atoms with E-state index in [1.807, 2.05) is 0 Å². The van der Waals surface area contributed by atoms with Gasteiger partial charge in [0.15, 0.2) is 0 Å². The third-order valence-electron chi connectivity index (χ3n) is 5.63. The first-order chi connectivity index (χ1) is 5.64. The van der Waals surface area contributed by atoms with Crippen LogP contribution >= 0.6 is 0 Å². The fraction of sp³-hybridized carbons (Fsp3) is 0.909. The van der Waals surface area contributed by atoms with E-state index in [2.05, 4.69) is 13.8 Å². The zero-order chi connectivity index (χ0) is 8.56. The van der Waals surface area contributed by atoms with Crippen molar-refractivity contribution in [3.05, 3.63) is 0 Å². The van der Waals surface area contributed by atoms with E-state index in [0.717, 1.165) is 30.5 Å². The Morgan fingerprint density at radius 1 is 1.33 bits per heavy atom. The van der Waals surface area contributed by atoms with Crippen LogP contribution in [-0.2, 0) is 4.79 Å². The van der Waals surface area contributed by atoms with Crippen LogP contribution in [0, 0.1) is 28.6 Å². The summed E-state index contributed by atoms with van der Waals surface area (Å²) < 4.78 is 0. The highest BCUT2D eigenvalue weighted by molar-refractivity contribution is 5.53. The van der Waals surface area contributed by atoms with E-state index >= 15 is 0 Å². The lowest BCUT2D eigenvalue weighted by Crippen LogP contribution is -2.27. The minimum Gasteiger partial charge on any atom is -0.303 e. The lowest BCUT2D eigenvalue weighted by atomic mass is 9.72. The summed E-state index contributed by atoms with van der Waals surface area (Å²) >= 11 is 0. The zero-order valence-corrected chi connectivity index (χ0v) is 7.84. The fourth-order valence-corrected chi connectivity index (χ4v) is 4.59. The predicted octanol–water partition coefficient (Wildman–Crippen LogP) is 2.26. The van der Waals surface area contributed by atoms with E-state index < -0.39 is 0 Å². The zero-order valence-electron chi connectivity index (χ0n) is 7.84. The van der Waals surface area contributed by atoms with E-state index in [4.69, 9.17) is 0 Å². The van der Waals surface area contributed by atoms with Gasteiger partial charge in [0.2, 0.25) is 0 Å². The molecule has 0 saturated heterocycles. The molecule has 0 N–H and O–H groups in total. The van der Waals surface area contributed by atoms with E-state index in [1.54, 1.807) is 0 Å². The van der Waals surface area contributed by atoms with Crippen LogP contribution in [0.1, 0.15) is 33.1 Å². The maximum Gasteiger partial charge on any atom is 0.120 e. The molecular formula is C11H16O. The third kappa shape index (κ3) is 0.439. The molecule has 4 fully saturated rings. The van der Waals surface area contributed by atoms with Gasteiger partial charge in [0.1, 0.15) is 6.29 Å². The van der Waals surface area contributed by atoms with Crippen LogP contribution in [0.4, 0.5) is 0 Å². The number of aldehydes is 1. The van der Waals surface area contributed by atoms with Gasteiger partial charge in [-0.2, -0.15) is 0 Å². The van der Waals surface area contributed by atoms with Crippen molar-refractivity contribution in [3.8, 4) is 0 Å². The highest BCUT2D eigenvalue weighted by atomic mass is 16.1. The summed E-state index contributed by atoms with van der Waals surface area (Å²) in [5, 5.41) is 0. The topological polar surface area (TPSA) is 17.1 Å². The van der Waals surface area contributed by atoms with Crippen molar-refractivity contribution < 1.29 is 4.79 Å². The molecule has 0 amide bonds. The molecule has 5 atom stereocenters. The van der Waals surface area contributed by atoms with Gasteiger partial charge in [-0.3, -0.25) is 0 Å². The average molecular weight is 164 g/mol. The van der Waals surface area contributed by atoms with Crippen LogP contribution in [0.3, 0.4) is 0 Å². The molecule has 2 unspecified atom stereocenters. The van der Waals surface area contributed by atoms with Crippen molar-refractivity contribution in [1.82, 2.24) is 0 Å². The Morgan fingerprint density at radius 3 is 2.25 bits per heavy atom. The number of carbonyl (C=O) groups excluding carboxylic acids is 1. The Bertz CT molecular complexity index is 246. The van der Waals surface area contributed by atoms with Crippen molar-refractivity contribution in [2.24, 2.45) is 28.6 Å². The molecule has 0 aromatic carbocycles. The smallest absolute Gasteiger partial charge is 0.120 e. The van der Waals surface area contributed by atoms with Gasteiger partial charge in [-0.05, 0) is 41.4 Å². The van der Waals surface area contributed by atoms with Crippen LogP contribution in [0.25, 0.3) is 0 Å². The standard InChI is InChI=1S/C11H16O/c1-10(3-4-12)7-5-8-9(6-7)11(8,10)2/h4,7-9H,3,5-6H2,1-2H3/t7?,8-,9+,10-,11?/m0/s1. The second-order valence-corrected chi connectivity index (χ2v) is 5.45. The van der Waals surface area contributed by atoms with Crippen molar-refractivity contribution in [1.29, 1.82) is 0 Å². The maximum atomic E-state index is 10.6. The molecule has 66 valence electrons. The predicted molar refractivity (Wildman–Crippen MR) is 46.6 cm³/mol. The fourth-order valence-electron chi connectivity index (χ4n) is 4.59. The van der Waals surface area contributed by atoms with Crippen molar-refractivity contribution in [3.63, 3.8) is 0 Å². The molecular weight excluding hydrogens is 148 g/mol. The van der Waals surface area contributed by atoms with Crippen LogP contribution in [0.15, 0.2) is 0 Å². The second kappa shape index (κ2) is 1.64. The number of carbonyl (C=O) groups is 1. The third-order valence-corrected chi connectivity index (χ3v) is 5.63. The lowest BCUT2D eigenvalue weighted by molar-refractivity contribution is -0.110. The normalized spacial score (nSPS) is 65.3. The Morgan fingerprint density at radius 2 is 1.92 bits per heavy atom. The minimum atomic E-state index is 0.379. The summed E-state index contributed by atoms with van der Waals surface area (Å²) in [6.07, 6.45) is 4.79. The van der Waals surface area contributed by atoms with Crippen LogP contribution in [-0.4, -0.2) is 6.29 Å². The van der Waals surface area contributed by atoms with Gasteiger partial charge in [-0.1, -0.05) is 13.8 Å². The molecule has 4 saturated carbocycles. The molecule has 4 rings (SSSR count). The molecule has 0 heterocycles. The van der Waals surface area contributed by atoms with Crippen molar-refractivity contribution in [2.75, 3.05) is 0 Å². The summed E-state index contributed by atoms with van der Waals surface area (Å²) in [4.78, 5) is 10.6. The van der Waals surface area contributed by atoms with Crippen molar-refractivity contribution in [2.45, 2.75) is 33.1 Å². The first-order valence-electron chi connectivity index (χ1n) is 5.08. The highest BCUT2D eigenvalue weighted by Gasteiger charge is 2.80. The molecule has 0 aliphatic heterocycles. The molecule has 4 aliphatic rings. The molecule has 0 aromatic heterocycles. The van der Waals surface area contributed by atoms with Gasteiger partial charge in [-0.15, -0.1) is 0 Å². The van der Waals surface area contributed by atoms with Crippen LogP contribution in [0.2, 0.25) is 0 Å². The quantitative estimate of drug-likeness (QED) is 0.572. The van der Waals surface area contributed by atoms with E-state index in [9.17, 15) is 4.79 Å². The van der Waals surface area contributed by atoms with Gasteiger partial charge >= 0.3 is 0 Å². The Labute approximate surface area is 73.5 Å². The molecule has 12 heavy (non-hydrogen) atoms. The maximum absolute atomic E-state index is 10.6. The highest BCUT2D eigenvalue weighted by Crippen LogP contribution is 2.86. The molecule has 4 aliphatic carbocycles. The number of hydrogen-bond acceptors (Lipinski definition) is 1. The minimum absolute atomic E-state index is 0.379. The SMILES string of the molecule is CC12[C@@H]3CC(C[C@@H]31)[C@]2(C)CC=O. The Hall–Kier alpha value is -0.330. The summed E-state index contributed by atoms with van der Waals surface area (Å²) in [5.41, 5.74) is 0.947. The second-order valence-electron chi connectivity index (χ2n) is 5.45. The van der Waals surface area contributed by atoms with Gasteiger partial charge in [0, 0.05) is 6.42 Å². The molecule has 0 aromatic rings. The molecule has 1 nitrogen and oxygen atoms in total. The number of rotatable bonds is 2. The first-order valence-corrected chi connectivity index (χ1v) is 5.08. The van der Waals surface area contributed by atoms with E-state index in [1.165, 1.54) is 12.8 Å². The molecule has 4 bridgehead atoms. The van der Waals surface area contributed by atoms with Gasteiger partial charge in [0.05, 0.1) is 0 Å². The van der Waals surface area contributed by atoms with E-state index in [-0.39, 0.29) is 0 Å². The van der Waals surface area contributed by atoms with Crippen molar-refractivity contribution >= 4 is 6.29 Å². The van der Waals surface area contributed by atoms with Gasteiger partial charge in [-0.25, -0.2) is 0 Å². The Balaban J connectivity index is 2.02. The molecule has 0 radical (unpaired) electrons. The summed E-state index contributed by atoms with van der Waals surface area (Å²) in [5.74, 6) is 2.86. The lowest BCUT2D eigenvalue weighted by Gasteiger charge is -2.32. The number of hydrogen-bond donors (Lipinski definition) is 0. The molecule has 1 heteroatoms. The molecule has 0 spiro atoms. The first kappa shape index (κ1) is 7.11. The van der Waals surface area contributed by atoms with Crippen LogP contribution < -0.4 is 0 Å². The largest absolute Gasteiger partial charge is 0.303 e. The Kier molecular flexibility index (Phi) is 0.971. The van der Waals surface area contributed by atoms with Gasteiger partial charge in [0.25, 0.3) is 0 Å². The summed E-state index contributed by atoms with van der Waals surface area (Å²) in [6, 6.07) is 0. The monoisotopic (exact) mass is 164 g/mol. The van der Waals surface area contributed by atoms with Crippen LogP contribution in [0.5, 0.6) is 0 Å². The summed E-state index contributed by atoms with van der Waals surface area (Å²) in [7, 11) is 0. The van der Waals surface area contributed by atoms with E-state index in [0.29, 0.717) is 10.8 Å².